The number of likely N-dealkylation sites (tertiary alicyclic amines) is 1. The smallest absolute Gasteiger partial charge is 0.118 e. The zero-order chi connectivity index (χ0) is 16.1. The van der Waals surface area contributed by atoms with Crippen molar-refractivity contribution < 1.29 is 14.2 Å². The van der Waals surface area contributed by atoms with E-state index in [1.807, 2.05) is 12.1 Å². The Morgan fingerprint density at radius 2 is 2.13 bits per heavy atom. The van der Waals surface area contributed by atoms with Crippen LogP contribution in [0.2, 0.25) is 0 Å². The van der Waals surface area contributed by atoms with Crippen LogP contribution in [-0.2, 0) is 16.0 Å². The van der Waals surface area contributed by atoms with Gasteiger partial charge in [-0.25, -0.2) is 0 Å². The maximum Gasteiger partial charge on any atom is 0.118 e. The van der Waals surface area contributed by atoms with Gasteiger partial charge in [-0.15, -0.1) is 0 Å². The van der Waals surface area contributed by atoms with Crippen molar-refractivity contribution in [3.8, 4) is 5.75 Å². The molecule has 2 aliphatic rings. The molecule has 4 nitrogen and oxygen atoms in total. The Bertz CT molecular complexity index is 490. The van der Waals surface area contributed by atoms with E-state index in [1.165, 1.54) is 12.0 Å². The SMILES string of the molecule is CCOC[C@@]12CCCO[C@H]1CCN(Cc1ccc(OC)cc1)C2. The van der Waals surface area contributed by atoms with E-state index in [-0.39, 0.29) is 5.41 Å². The fourth-order valence-corrected chi connectivity index (χ4v) is 4.02. The predicted octanol–water partition coefficient (Wildman–Crippen LogP) is 3.10. The second kappa shape index (κ2) is 7.65. The summed E-state index contributed by atoms with van der Waals surface area (Å²) in [6.07, 6.45) is 3.86. The highest BCUT2D eigenvalue weighted by molar-refractivity contribution is 5.27. The maximum absolute atomic E-state index is 6.09. The number of fused-ring (bicyclic) bond motifs is 1. The molecule has 1 aromatic rings. The summed E-state index contributed by atoms with van der Waals surface area (Å²) in [5, 5.41) is 0. The van der Waals surface area contributed by atoms with Crippen LogP contribution >= 0.6 is 0 Å². The summed E-state index contributed by atoms with van der Waals surface area (Å²) in [6.45, 7) is 7.77. The Kier molecular flexibility index (Phi) is 5.57. The molecule has 3 rings (SSSR count). The Labute approximate surface area is 139 Å². The lowest BCUT2D eigenvalue weighted by Crippen LogP contribution is -2.56. The molecule has 0 unspecified atom stereocenters. The molecule has 23 heavy (non-hydrogen) atoms. The van der Waals surface area contributed by atoms with Crippen LogP contribution in [0, 0.1) is 5.41 Å². The lowest BCUT2D eigenvalue weighted by molar-refractivity contribution is -0.153. The number of methoxy groups -OCH3 is 1. The quantitative estimate of drug-likeness (QED) is 0.806. The van der Waals surface area contributed by atoms with E-state index in [1.54, 1.807) is 7.11 Å². The summed E-state index contributed by atoms with van der Waals surface area (Å²) in [4.78, 5) is 2.56. The molecule has 2 atom stereocenters. The highest BCUT2D eigenvalue weighted by Gasteiger charge is 2.45. The number of ether oxygens (including phenoxy) is 3. The lowest BCUT2D eigenvalue weighted by atomic mass is 9.73. The molecule has 0 bridgehead atoms. The normalized spacial score (nSPS) is 28.3. The van der Waals surface area contributed by atoms with Gasteiger partial charge >= 0.3 is 0 Å². The standard InChI is InChI=1S/C19H29NO3/c1-3-22-15-19-10-4-12-23-18(19)9-11-20(14-19)13-16-5-7-17(21-2)8-6-16/h5-8,18H,3-4,9-15H2,1-2H3/t18-,19-/m0/s1. The van der Waals surface area contributed by atoms with Crippen molar-refractivity contribution in [2.45, 2.75) is 38.8 Å². The first-order valence-corrected chi connectivity index (χ1v) is 8.80. The third-order valence-corrected chi connectivity index (χ3v) is 5.23. The second-order valence-electron chi connectivity index (χ2n) is 6.81. The molecule has 2 aliphatic heterocycles. The zero-order valence-corrected chi connectivity index (χ0v) is 14.4. The molecule has 0 spiro atoms. The van der Waals surface area contributed by atoms with Gasteiger partial charge in [0.1, 0.15) is 5.75 Å². The Morgan fingerprint density at radius 1 is 1.30 bits per heavy atom. The molecule has 1 aromatic carbocycles. The van der Waals surface area contributed by atoms with Crippen molar-refractivity contribution >= 4 is 0 Å². The number of nitrogens with zero attached hydrogens (tertiary/aromatic N) is 1. The van der Waals surface area contributed by atoms with Gasteiger partial charge in [0.2, 0.25) is 0 Å². The molecule has 4 heteroatoms. The molecule has 2 heterocycles. The summed E-state index contributed by atoms with van der Waals surface area (Å²) in [5.41, 5.74) is 1.52. The van der Waals surface area contributed by atoms with Crippen LogP contribution in [-0.4, -0.2) is 51.0 Å². The van der Waals surface area contributed by atoms with Crippen LogP contribution in [0.5, 0.6) is 5.75 Å². The van der Waals surface area contributed by atoms with Gasteiger partial charge in [0.05, 0.1) is 19.8 Å². The first-order chi connectivity index (χ1) is 11.3. The Morgan fingerprint density at radius 3 is 2.87 bits per heavy atom. The molecular weight excluding hydrogens is 290 g/mol. The minimum Gasteiger partial charge on any atom is -0.497 e. The highest BCUT2D eigenvalue weighted by Crippen LogP contribution is 2.40. The number of rotatable bonds is 6. The lowest BCUT2D eigenvalue weighted by Gasteiger charge is -2.50. The van der Waals surface area contributed by atoms with Gasteiger partial charge in [0.15, 0.2) is 0 Å². The van der Waals surface area contributed by atoms with Crippen LogP contribution in [0.4, 0.5) is 0 Å². The molecule has 0 N–H and O–H groups in total. The minimum absolute atomic E-state index is 0.180. The summed E-state index contributed by atoms with van der Waals surface area (Å²) in [6, 6.07) is 8.42. The number of benzene rings is 1. The molecule has 2 fully saturated rings. The van der Waals surface area contributed by atoms with Gasteiger partial charge in [-0.3, -0.25) is 4.90 Å². The van der Waals surface area contributed by atoms with Gasteiger partial charge in [-0.1, -0.05) is 12.1 Å². The maximum atomic E-state index is 6.09. The monoisotopic (exact) mass is 319 g/mol. The highest BCUT2D eigenvalue weighted by atomic mass is 16.5. The summed E-state index contributed by atoms with van der Waals surface area (Å²) in [5.74, 6) is 0.918. The summed E-state index contributed by atoms with van der Waals surface area (Å²) in [7, 11) is 1.71. The minimum atomic E-state index is 0.180. The van der Waals surface area contributed by atoms with Gasteiger partial charge in [0.25, 0.3) is 0 Å². The molecule has 128 valence electrons. The molecule has 2 saturated heterocycles. The van der Waals surface area contributed by atoms with Gasteiger partial charge in [0, 0.05) is 38.3 Å². The largest absolute Gasteiger partial charge is 0.497 e. The second-order valence-corrected chi connectivity index (χ2v) is 6.81. The number of hydrogen-bond donors (Lipinski definition) is 0. The predicted molar refractivity (Wildman–Crippen MR) is 90.8 cm³/mol. The van der Waals surface area contributed by atoms with Crippen LogP contribution in [0.15, 0.2) is 24.3 Å². The summed E-state index contributed by atoms with van der Waals surface area (Å²) >= 11 is 0. The fourth-order valence-electron chi connectivity index (χ4n) is 4.02. The van der Waals surface area contributed by atoms with E-state index >= 15 is 0 Å². The van der Waals surface area contributed by atoms with Crippen LogP contribution in [0.1, 0.15) is 31.7 Å². The van der Waals surface area contributed by atoms with Crippen molar-refractivity contribution in [3.63, 3.8) is 0 Å². The topological polar surface area (TPSA) is 30.9 Å². The third-order valence-electron chi connectivity index (χ3n) is 5.23. The average Bonchev–Trinajstić information content (AvgIpc) is 2.60. The van der Waals surface area contributed by atoms with E-state index in [4.69, 9.17) is 14.2 Å². The number of piperidine rings is 1. The van der Waals surface area contributed by atoms with Crippen molar-refractivity contribution in [2.24, 2.45) is 5.41 Å². The van der Waals surface area contributed by atoms with Crippen molar-refractivity contribution in [3.05, 3.63) is 29.8 Å². The molecule has 0 aliphatic carbocycles. The van der Waals surface area contributed by atoms with Gasteiger partial charge in [-0.2, -0.15) is 0 Å². The van der Waals surface area contributed by atoms with Crippen molar-refractivity contribution in [1.82, 2.24) is 4.90 Å². The molecule has 0 saturated carbocycles. The Balaban J connectivity index is 1.66. The molecule has 0 radical (unpaired) electrons. The van der Waals surface area contributed by atoms with E-state index < -0.39 is 0 Å². The first-order valence-electron chi connectivity index (χ1n) is 8.80. The molecule has 0 amide bonds. The van der Waals surface area contributed by atoms with Crippen LogP contribution in [0.3, 0.4) is 0 Å². The number of hydrogen-bond acceptors (Lipinski definition) is 4. The van der Waals surface area contributed by atoms with Crippen molar-refractivity contribution in [1.29, 1.82) is 0 Å². The first kappa shape index (κ1) is 16.7. The molecule has 0 aromatic heterocycles. The van der Waals surface area contributed by atoms with Crippen molar-refractivity contribution in [2.75, 3.05) is 40.0 Å². The van der Waals surface area contributed by atoms with Crippen LogP contribution in [0.25, 0.3) is 0 Å². The van der Waals surface area contributed by atoms with E-state index in [2.05, 4.69) is 24.0 Å². The summed E-state index contributed by atoms with van der Waals surface area (Å²) < 4.78 is 17.2. The Hall–Kier alpha value is -1.10. The van der Waals surface area contributed by atoms with Gasteiger partial charge < -0.3 is 14.2 Å². The van der Waals surface area contributed by atoms with E-state index in [0.717, 1.165) is 58.0 Å². The third kappa shape index (κ3) is 3.87. The van der Waals surface area contributed by atoms with E-state index in [9.17, 15) is 0 Å². The molecular formula is C19H29NO3. The van der Waals surface area contributed by atoms with E-state index in [0.29, 0.717) is 6.10 Å². The van der Waals surface area contributed by atoms with Gasteiger partial charge in [-0.05, 0) is 43.9 Å². The zero-order valence-electron chi connectivity index (χ0n) is 14.4. The van der Waals surface area contributed by atoms with Crippen LogP contribution < -0.4 is 4.74 Å². The fraction of sp³-hybridized carbons (Fsp3) is 0.684. The average molecular weight is 319 g/mol.